The lowest BCUT2D eigenvalue weighted by atomic mass is 10.0. The van der Waals surface area contributed by atoms with Gasteiger partial charge in [-0.1, -0.05) is 12.1 Å². The van der Waals surface area contributed by atoms with Crippen LogP contribution in [0.5, 0.6) is 5.75 Å². The Morgan fingerprint density at radius 1 is 1.30 bits per heavy atom. The highest BCUT2D eigenvalue weighted by Crippen LogP contribution is 2.30. The second-order valence-electron chi connectivity index (χ2n) is 5.92. The van der Waals surface area contributed by atoms with Crippen LogP contribution < -0.4 is 4.74 Å². The Morgan fingerprint density at radius 2 is 2.15 bits per heavy atom. The highest BCUT2D eigenvalue weighted by molar-refractivity contribution is 6.19. The molecule has 5 nitrogen and oxygen atoms in total. The Hall–Kier alpha value is -3.85. The molecular weight excluding hydrogens is 347 g/mol. The van der Waals surface area contributed by atoms with Gasteiger partial charge in [-0.25, -0.2) is 4.39 Å². The molecule has 0 amide bonds. The zero-order valence-electron chi connectivity index (χ0n) is 14.2. The lowest BCUT2D eigenvalue weighted by molar-refractivity contribution is 0.104. The molecule has 0 saturated heterocycles. The van der Waals surface area contributed by atoms with Crippen molar-refractivity contribution >= 4 is 33.7 Å². The van der Waals surface area contributed by atoms with Crippen LogP contribution in [0.2, 0.25) is 0 Å². The summed E-state index contributed by atoms with van der Waals surface area (Å²) in [6, 6.07) is 13.2. The molecular formula is C21H13FN2O3. The number of allylic oxidation sites excluding steroid dienone is 1. The maximum atomic E-state index is 13.3. The number of ketones is 1. The number of aromatic amines is 1. The number of Topliss-reactive ketones (excluding diaryl/α,β-unsaturated/α-hetero) is 1. The first kappa shape index (κ1) is 16.6. The van der Waals surface area contributed by atoms with Crippen molar-refractivity contribution in [2.45, 2.75) is 0 Å². The highest BCUT2D eigenvalue weighted by Gasteiger charge is 2.18. The number of furan rings is 1. The van der Waals surface area contributed by atoms with Crippen LogP contribution in [0, 0.1) is 17.1 Å². The lowest BCUT2D eigenvalue weighted by Gasteiger charge is -1.99. The minimum Gasteiger partial charge on any atom is -0.493 e. The van der Waals surface area contributed by atoms with Crippen molar-refractivity contribution in [3.63, 3.8) is 0 Å². The van der Waals surface area contributed by atoms with Gasteiger partial charge in [-0.15, -0.1) is 0 Å². The molecule has 4 aromatic rings. The molecule has 1 N–H and O–H groups in total. The summed E-state index contributed by atoms with van der Waals surface area (Å²) in [6.45, 7) is 0. The van der Waals surface area contributed by atoms with Crippen molar-refractivity contribution in [1.29, 1.82) is 5.26 Å². The zero-order chi connectivity index (χ0) is 19.0. The van der Waals surface area contributed by atoms with Crippen LogP contribution in [0.15, 0.2) is 58.7 Å². The summed E-state index contributed by atoms with van der Waals surface area (Å²) in [5, 5.41) is 10.8. The Bertz CT molecular complexity index is 1260. The van der Waals surface area contributed by atoms with Crippen molar-refractivity contribution in [2.75, 3.05) is 7.11 Å². The van der Waals surface area contributed by atoms with Crippen molar-refractivity contribution in [3.8, 4) is 11.8 Å². The van der Waals surface area contributed by atoms with Crippen LogP contribution in [0.3, 0.4) is 0 Å². The molecule has 0 bridgehead atoms. The minimum absolute atomic E-state index is 0.0850. The molecule has 27 heavy (non-hydrogen) atoms. The molecule has 0 fully saturated rings. The first-order chi connectivity index (χ1) is 13.1. The van der Waals surface area contributed by atoms with E-state index < -0.39 is 11.6 Å². The van der Waals surface area contributed by atoms with Gasteiger partial charge in [0, 0.05) is 34.1 Å². The van der Waals surface area contributed by atoms with E-state index in [4.69, 9.17) is 9.15 Å². The van der Waals surface area contributed by atoms with Crippen LogP contribution >= 0.6 is 0 Å². The number of H-pyrrole nitrogens is 1. The first-order valence-corrected chi connectivity index (χ1v) is 8.10. The van der Waals surface area contributed by atoms with E-state index in [-0.39, 0.29) is 5.57 Å². The number of rotatable bonds is 4. The topological polar surface area (TPSA) is 79.0 Å². The third-order valence-corrected chi connectivity index (χ3v) is 4.29. The predicted octanol–water partition coefficient (Wildman–Crippen LogP) is 4.85. The second-order valence-corrected chi connectivity index (χ2v) is 5.92. The van der Waals surface area contributed by atoms with E-state index in [1.54, 1.807) is 12.1 Å². The van der Waals surface area contributed by atoms with Crippen LogP contribution in [0.25, 0.3) is 27.9 Å². The van der Waals surface area contributed by atoms with Crippen molar-refractivity contribution in [2.24, 2.45) is 0 Å². The Balaban J connectivity index is 1.77. The number of carbonyl (C=O) groups excluding carboxylic acids is 1. The molecule has 0 aliphatic rings. The maximum Gasteiger partial charge on any atom is 0.205 e. The number of aromatic nitrogens is 1. The second kappa shape index (κ2) is 6.46. The SMILES string of the molecule is COc1cccc2cc(/C=C(/C#N)C(=O)c3c[nH]c4cc(F)ccc34)oc12. The molecule has 0 aliphatic heterocycles. The molecule has 132 valence electrons. The average Bonchev–Trinajstić information content (AvgIpc) is 3.28. The Kier molecular flexibility index (Phi) is 3.98. The van der Waals surface area contributed by atoms with E-state index in [2.05, 4.69) is 4.98 Å². The zero-order valence-corrected chi connectivity index (χ0v) is 14.2. The smallest absolute Gasteiger partial charge is 0.205 e. The van der Waals surface area contributed by atoms with Crippen molar-refractivity contribution < 1.29 is 18.3 Å². The van der Waals surface area contributed by atoms with Gasteiger partial charge in [0.05, 0.1) is 7.11 Å². The van der Waals surface area contributed by atoms with Gasteiger partial charge < -0.3 is 14.1 Å². The standard InChI is InChI=1S/C21H13FN2O3/c1-26-19-4-2-3-12-7-15(27-21(12)19)8-13(10-23)20(25)17-11-24-18-9-14(22)5-6-16(17)18/h2-9,11,24H,1H3/b13-8-. The molecule has 0 unspecified atom stereocenters. The summed E-state index contributed by atoms with van der Waals surface area (Å²) >= 11 is 0. The van der Waals surface area contributed by atoms with E-state index >= 15 is 0 Å². The van der Waals surface area contributed by atoms with Crippen LogP contribution in [0.1, 0.15) is 16.1 Å². The number of fused-ring (bicyclic) bond motifs is 2. The average molecular weight is 360 g/mol. The van der Waals surface area contributed by atoms with Gasteiger partial charge in [0.15, 0.2) is 11.3 Å². The number of nitriles is 1. The fraction of sp³-hybridized carbons (Fsp3) is 0.0476. The number of nitrogens with one attached hydrogen (secondary N) is 1. The summed E-state index contributed by atoms with van der Waals surface area (Å²) in [6.07, 6.45) is 2.86. The number of para-hydroxylation sites is 1. The van der Waals surface area contributed by atoms with Crippen molar-refractivity contribution in [3.05, 3.63) is 71.4 Å². The molecule has 6 heteroatoms. The molecule has 4 rings (SSSR count). The van der Waals surface area contributed by atoms with E-state index in [0.717, 1.165) is 5.39 Å². The molecule has 2 heterocycles. The molecule has 0 saturated carbocycles. The number of hydrogen-bond acceptors (Lipinski definition) is 4. The third kappa shape index (κ3) is 2.85. The van der Waals surface area contributed by atoms with Gasteiger partial charge in [-0.05, 0) is 30.3 Å². The number of nitrogens with zero attached hydrogens (tertiary/aromatic N) is 1. The lowest BCUT2D eigenvalue weighted by Crippen LogP contribution is -2.00. The van der Waals surface area contributed by atoms with E-state index in [1.165, 1.54) is 37.6 Å². The Morgan fingerprint density at radius 3 is 2.93 bits per heavy atom. The highest BCUT2D eigenvalue weighted by atomic mass is 19.1. The van der Waals surface area contributed by atoms with Gasteiger partial charge in [-0.2, -0.15) is 5.26 Å². The number of ether oxygens (including phenoxy) is 1. The summed E-state index contributed by atoms with van der Waals surface area (Å²) in [4.78, 5) is 15.7. The fourth-order valence-corrected chi connectivity index (χ4v) is 3.01. The quantitative estimate of drug-likeness (QED) is 0.320. The van der Waals surface area contributed by atoms with Gasteiger partial charge in [0.1, 0.15) is 23.2 Å². The normalized spacial score (nSPS) is 11.7. The molecule has 0 radical (unpaired) electrons. The molecule has 2 aromatic carbocycles. The number of halogens is 1. The summed E-state index contributed by atoms with van der Waals surface area (Å²) < 4.78 is 24.3. The third-order valence-electron chi connectivity index (χ3n) is 4.29. The van der Waals surface area contributed by atoms with E-state index in [1.807, 2.05) is 18.2 Å². The van der Waals surface area contributed by atoms with Crippen molar-refractivity contribution in [1.82, 2.24) is 4.98 Å². The maximum absolute atomic E-state index is 13.3. The summed E-state index contributed by atoms with van der Waals surface area (Å²) in [5.41, 5.74) is 1.24. The largest absolute Gasteiger partial charge is 0.493 e. The van der Waals surface area contributed by atoms with Gasteiger partial charge in [0.25, 0.3) is 0 Å². The fourth-order valence-electron chi connectivity index (χ4n) is 3.01. The van der Waals surface area contributed by atoms with E-state index in [0.29, 0.717) is 33.6 Å². The molecule has 0 atom stereocenters. The number of carbonyl (C=O) groups is 1. The van der Waals surface area contributed by atoms with Gasteiger partial charge in [0.2, 0.25) is 5.78 Å². The van der Waals surface area contributed by atoms with Crippen LogP contribution in [0.4, 0.5) is 4.39 Å². The Labute approximate surface area is 153 Å². The van der Waals surface area contributed by atoms with Crippen LogP contribution in [-0.4, -0.2) is 17.9 Å². The van der Waals surface area contributed by atoms with E-state index in [9.17, 15) is 14.4 Å². The van der Waals surface area contributed by atoms with Crippen LogP contribution in [-0.2, 0) is 0 Å². The monoisotopic (exact) mass is 360 g/mol. The molecule has 2 aromatic heterocycles. The number of hydrogen-bond donors (Lipinski definition) is 1. The summed E-state index contributed by atoms with van der Waals surface area (Å²) in [7, 11) is 1.54. The summed E-state index contributed by atoms with van der Waals surface area (Å²) in [5.74, 6) is 0.0549. The minimum atomic E-state index is -0.470. The number of methoxy groups -OCH3 is 1. The molecule has 0 aliphatic carbocycles. The first-order valence-electron chi connectivity index (χ1n) is 8.10. The van der Waals surface area contributed by atoms with Gasteiger partial charge in [-0.3, -0.25) is 4.79 Å². The molecule has 0 spiro atoms. The van der Waals surface area contributed by atoms with Gasteiger partial charge >= 0.3 is 0 Å². The predicted molar refractivity (Wildman–Crippen MR) is 98.9 cm³/mol. The number of benzene rings is 2.